The first-order valence-electron chi connectivity index (χ1n) is 6.97. The number of nitrogens with zero attached hydrogens (tertiary/aromatic N) is 3. The minimum absolute atomic E-state index is 0.673. The van der Waals surface area contributed by atoms with E-state index in [1.165, 1.54) is 0 Å². The summed E-state index contributed by atoms with van der Waals surface area (Å²) in [5.74, 6) is 1.62. The van der Waals surface area contributed by atoms with Gasteiger partial charge < -0.3 is 15.0 Å². The predicted octanol–water partition coefficient (Wildman–Crippen LogP) is 2.53. The normalized spacial score (nSPS) is 10.8. The van der Waals surface area contributed by atoms with Gasteiger partial charge in [-0.2, -0.15) is 4.98 Å². The summed E-state index contributed by atoms with van der Waals surface area (Å²) < 4.78 is 5.14. The Morgan fingerprint density at radius 3 is 2.80 bits per heavy atom. The molecule has 108 valence electrons. The van der Waals surface area contributed by atoms with Gasteiger partial charge in [-0.1, -0.05) is 19.1 Å². The first-order valence-corrected chi connectivity index (χ1v) is 6.97. The maximum Gasteiger partial charge on any atom is 0.225 e. The number of fused-ring (bicyclic) bond motifs is 1. The summed E-state index contributed by atoms with van der Waals surface area (Å²) in [6, 6.07) is 8.08. The molecule has 0 amide bonds. The number of ether oxygens (including phenoxy) is 1. The molecule has 0 radical (unpaired) electrons. The molecule has 0 saturated carbocycles. The van der Waals surface area contributed by atoms with Crippen LogP contribution >= 0.6 is 0 Å². The van der Waals surface area contributed by atoms with Crippen molar-refractivity contribution < 1.29 is 4.74 Å². The summed E-state index contributed by atoms with van der Waals surface area (Å²) in [6.07, 6.45) is 1.05. The Labute approximate surface area is 120 Å². The fourth-order valence-corrected chi connectivity index (χ4v) is 2.00. The largest absolute Gasteiger partial charge is 0.383 e. The van der Waals surface area contributed by atoms with Crippen LogP contribution in [0.1, 0.15) is 13.3 Å². The molecule has 1 N–H and O–H groups in total. The van der Waals surface area contributed by atoms with Crippen molar-refractivity contribution in [2.75, 3.05) is 44.1 Å². The third-order valence-electron chi connectivity index (χ3n) is 3.11. The molecule has 1 heterocycles. The van der Waals surface area contributed by atoms with Crippen molar-refractivity contribution in [2.24, 2.45) is 0 Å². The van der Waals surface area contributed by atoms with Gasteiger partial charge in [-0.05, 0) is 18.6 Å². The fourth-order valence-electron chi connectivity index (χ4n) is 2.00. The molecule has 0 fully saturated rings. The van der Waals surface area contributed by atoms with Crippen molar-refractivity contribution in [2.45, 2.75) is 13.3 Å². The van der Waals surface area contributed by atoms with Crippen LogP contribution in [0, 0.1) is 0 Å². The van der Waals surface area contributed by atoms with Crippen LogP contribution in [0.5, 0.6) is 0 Å². The van der Waals surface area contributed by atoms with Gasteiger partial charge in [-0.25, -0.2) is 4.98 Å². The number of hydrogen-bond acceptors (Lipinski definition) is 5. The van der Waals surface area contributed by atoms with Crippen LogP contribution in [0.3, 0.4) is 0 Å². The molecule has 0 aliphatic rings. The number of hydrogen-bond donors (Lipinski definition) is 1. The molecule has 2 aromatic rings. The van der Waals surface area contributed by atoms with Crippen molar-refractivity contribution in [3.05, 3.63) is 24.3 Å². The quantitative estimate of drug-likeness (QED) is 0.841. The molecule has 0 aliphatic carbocycles. The SMILES string of the molecule is CCCNc1nc(N(C)CCOC)c2ccccc2n1. The van der Waals surface area contributed by atoms with Crippen molar-refractivity contribution in [1.29, 1.82) is 0 Å². The van der Waals surface area contributed by atoms with Crippen LogP contribution in [0.25, 0.3) is 10.9 Å². The third-order valence-corrected chi connectivity index (χ3v) is 3.11. The third kappa shape index (κ3) is 3.36. The molecule has 1 aromatic carbocycles. The zero-order chi connectivity index (χ0) is 14.4. The lowest BCUT2D eigenvalue weighted by Crippen LogP contribution is -2.24. The molecule has 0 spiro atoms. The molecule has 0 bridgehead atoms. The van der Waals surface area contributed by atoms with Gasteiger partial charge in [0.25, 0.3) is 0 Å². The first-order chi connectivity index (χ1) is 9.76. The summed E-state index contributed by atoms with van der Waals surface area (Å²) in [6.45, 7) is 4.47. The molecular formula is C15H22N4O. The highest BCUT2D eigenvalue weighted by atomic mass is 16.5. The molecule has 0 atom stereocenters. The Balaban J connectivity index is 2.38. The second kappa shape index (κ2) is 7.05. The van der Waals surface area contributed by atoms with Crippen molar-refractivity contribution in [3.8, 4) is 0 Å². The number of methoxy groups -OCH3 is 1. The monoisotopic (exact) mass is 274 g/mol. The molecule has 5 heteroatoms. The van der Waals surface area contributed by atoms with E-state index in [2.05, 4.69) is 33.2 Å². The highest BCUT2D eigenvalue weighted by molar-refractivity contribution is 5.90. The van der Waals surface area contributed by atoms with Crippen LogP contribution in [-0.2, 0) is 4.74 Å². The summed E-state index contributed by atoms with van der Waals surface area (Å²) >= 11 is 0. The van der Waals surface area contributed by atoms with Gasteiger partial charge in [0.05, 0.1) is 12.1 Å². The molecule has 1 aromatic heterocycles. The molecular weight excluding hydrogens is 252 g/mol. The minimum atomic E-state index is 0.673. The Kier molecular flexibility index (Phi) is 5.12. The van der Waals surface area contributed by atoms with E-state index >= 15 is 0 Å². The lowest BCUT2D eigenvalue weighted by atomic mass is 10.2. The zero-order valence-corrected chi connectivity index (χ0v) is 12.4. The highest BCUT2D eigenvalue weighted by Gasteiger charge is 2.11. The second-order valence-corrected chi connectivity index (χ2v) is 4.73. The number of rotatable bonds is 7. The minimum Gasteiger partial charge on any atom is -0.383 e. The summed E-state index contributed by atoms with van der Waals surface area (Å²) in [5.41, 5.74) is 0.959. The number of aromatic nitrogens is 2. The van der Waals surface area contributed by atoms with Gasteiger partial charge in [0.2, 0.25) is 5.95 Å². The number of nitrogens with one attached hydrogen (secondary N) is 1. The smallest absolute Gasteiger partial charge is 0.225 e. The van der Waals surface area contributed by atoms with Gasteiger partial charge in [0, 0.05) is 32.6 Å². The average molecular weight is 274 g/mol. The predicted molar refractivity (Wildman–Crippen MR) is 83.5 cm³/mol. The number of para-hydroxylation sites is 1. The highest BCUT2D eigenvalue weighted by Crippen LogP contribution is 2.24. The lowest BCUT2D eigenvalue weighted by molar-refractivity contribution is 0.206. The van der Waals surface area contributed by atoms with E-state index in [-0.39, 0.29) is 0 Å². The molecule has 0 saturated heterocycles. The molecule has 0 unspecified atom stereocenters. The topological polar surface area (TPSA) is 50.3 Å². The van der Waals surface area contributed by atoms with Crippen LogP contribution in [0.15, 0.2) is 24.3 Å². The number of benzene rings is 1. The Hall–Kier alpha value is -1.88. The van der Waals surface area contributed by atoms with E-state index in [1.54, 1.807) is 7.11 Å². The molecule has 2 rings (SSSR count). The van der Waals surface area contributed by atoms with E-state index in [0.29, 0.717) is 12.6 Å². The van der Waals surface area contributed by atoms with Crippen LogP contribution < -0.4 is 10.2 Å². The van der Waals surface area contributed by atoms with Gasteiger partial charge in [0.15, 0.2) is 0 Å². The zero-order valence-electron chi connectivity index (χ0n) is 12.4. The van der Waals surface area contributed by atoms with E-state index in [4.69, 9.17) is 4.74 Å². The van der Waals surface area contributed by atoms with Gasteiger partial charge in [-0.3, -0.25) is 0 Å². The van der Waals surface area contributed by atoms with E-state index in [0.717, 1.165) is 36.2 Å². The standard InChI is InChI=1S/C15H22N4O/c1-4-9-16-15-17-13-8-6-5-7-12(13)14(18-15)19(2)10-11-20-3/h5-8H,4,9-11H2,1-3H3,(H,16,17,18). The van der Waals surface area contributed by atoms with Crippen molar-refractivity contribution in [1.82, 2.24) is 9.97 Å². The second-order valence-electron chi connectivity index (χ2n) is 4.73. The number of anilines is 2. The average Bonchev–Trinajstić information content (AvgIpc) is 2.49. The van der Waals surface area contributed by atoms with Crippen molar-refractivity contribution >= 4 is 22.7 Å². The van der Waals surface area contributed by atoms with Crippen LogP contribution in [0.2, 0.25) is 0 Å². The lowest BCUT2D eigenvalue weighted by Gasteiger charge is -2.20. The Morgan fingerprint density at radius 2 is 2.05 bits per heavy atom. The maximum atomic E-state index is 5.14. The van der Waals surface area contributed by atoms with E-state index in [9.17, 15) is 0 Å². The maximum absolute atomic E-state index is 5.14. The van der Waals surface area contributed by atoms with Crippen LogP contribution in [-0.4, -0.2) is 43.8 Å². The van der Waals surface area contributed by atoms with Gasteiger partial charge in [-0.15, -0.1) is 0 Å². The number of likely N-dealkylation sites (N-methyl/N-ethyl adjacent to an activating group) is 1. The first kappa shape index (κ1) is 14.5. The fraction of sp³-hybridized carbons (Fsp3) is 0.467. The van der Waals surface area contributed by atoms with E-state index < -0.39 is 0 Å². The van der Waals surface area contributed by atoms with E-state index in [1.807, 2.05) is 25.2 Å². The summed E-state index contributed by atoms with van der Waals surface area (Å²) in [5, 5.41) is 4.32. The van der Waals surface area contributed by atoms with Gasteiger partial charge >= 0.3 is 0 Å². The summed E-state index contributed by atoms with van der Waals surface area (Å²) in [4.78, 5) is 11.3. The van der Waals surface area contributed by atoms with Gasteiger partial charge in [0.1, 0.15) is 5.82 Å². The Bertz CT molecular complexity index is 559. The Morgan fingerprint density at radius 1 is 1.25 bits per heavy atom. The molecule has 5 nitrogen and oxygen atoms in total. The molecule has 20 heavy (non-hydrogen) atoms. The van der Waals surface area contributed by atoms with Crippen LogP contribution in [0.4, 0.5) is 11.8 Å². The summed E-state index contributed by atoms with van der Waals surface area (Å²) in [7, 11) is 3.73. The van der Waals surface area contributed by atoms with Crippen molar-refractivity contribution in [3.63, 3.8) is 0 Å². The molecule has 0 aliphatic heterocycles.